The van der Waals surface area contributed by atoms with Crippen molar-refractivity contribution in [2.45, 2.75) is 24.3 Å². The summed E-state index contributed by atoms with van der Waals surface area (Å²) < 4.78 is 26.1. The molecule has 0 radical (unpaired) electrons. The number of sulfonamides is 1. The lowest BCUT2D eigenvalue weighted by Crippen LogP contribution is -2.32. The van der Waals surface area contributed by atoms with E-state index >= 15 is 0 Å². The molecule has 1 heterocycles. The van der Waals surface area contributed by atoms with Crippen LogP contribution in [0.5, 0.6) is 0 Å². The van der Waals surface area contributed by atoms with Crippen LogP contribution in [0.2, 0.25) is 0 Å². The summed E-state index contributed by atoms with van der Waals surface area (Å²) in [5, 5.41) is 10.7. The summed E-state index contributed by atoms with van der Waals surface area (Å²) in [6.07, 6.45) is 0.604. The Kier molecular flexibility index (Phi) is 5.09. The number of halogens is 1. The van der Waals surface area contributed by atoms with Crippen LogP contribution in [0, 0.1) is 17.0 Å². The lowest BCUT2D eigenvalue weighted by molar-refractivity contribution is -0.385. The van der Waals surface area contributed by atoms with E-state index < -0.39 is 14.9 Å². The summed E-state index contributed by atoms with van der Waals surface area (Å²) in [6, 6.07) is 3.67. The first-order chi connectivity index (χ1) is 8.82. The minimum atomic E-state index is -3.71. The molecule has 1 aromatic carbocycles. The summed E-state index contributed by atoms with van der Waals surface area (Å²) in [5.41, 5.74) is 5.96. The molecule has 20 heavy (non-hydrogen) atoms. The van der Waals surface area contributed by atoms with Gasteiger partial charge in [0.1, 0.15) is 0 Å². The standard InChI is InChI=1S/C11H15N3O4S.ClH/c1-8-2-3-10(14(15)16)6-11(8)19(17,18)13-5-4-9(12)7-13;/h2-3,6,9H,4-5,7,12H2,1H3;1H/t9-;/m1./s1. The average Bonchev–Trinajstić information content (AvgIpc) is 2.76. The second-order valence-electron chi connectivity index (χ2n) is 4.62. The van der Waals surface area contributed by atoms with E-state index in [9.17, 15) is 18.5 Å². The van der Waals surface area contributed by atoms with Gasteiger partial charge in [0, 0.05) is 31.3 Å². The lowest BCUT2D eigenvalue weighted by atomic mass is 10.2. The molecule has 1 aromatic rings. The van der Waals surface area contributed by atoms with E-state index in [1.165, 1.54) is 16.4 Å². The van der Waals surface area contributed by atoms with Crippen molar-refractivity contribution in [1.29, 1.82) is 0 Å². The topological polar surface area (TPSA) is 107 Å². The molecule has 0 aliphatic carbocycles. The normalized spacial score (nSPS) is 19.6. The van der Waals surface area contributed by atoms with Gasteiger partial charge in [-0.25, -0.2) is 8.42 Å². The number of hydrogen-bond acceptors (Lipinski definition) is 5. The third-order valence-electron chi connectivity index (χ3n) is 3.19. The molecular formula is C11H16ClN3O4S. The Balaban J connectivity index is 0.00000200. The fourth-order valence-corrected chi connectivity index (χ4v) is 3.85. The number of rotatable bonds is 3. The van der Waals surface area contributed by atoms with Crippen LogP contribution in [0.1, 0.15) is 12.0 Å². The molecule has 1 atom stereocenters. The number of nitro benzene ring substituents is 1. The number of benzene rings is 1. The molecule has 2 N–H and O–H groups in total. The van der Waals surface area contributed by atoms with Crippen LogP contribution in [0.25, 0.3) is 0 Å². The molecule has 1 aliphatic rings. The van der Waals surface area contributed by atoms with Crippen LogP contribution in [-0.4, -0.2) is 36.8 Å². The van der Waals surface area contributed by atoms with Gasteiger partial charge < -0.3 is 5.73 Å². The van der Waals surface area contributed by atoms with Gasteiger partial charge in [-0.1, -0.05) is 6.07 Å². The quantitative estimate of drug-likeness (QED) is 0.661. The summed E-state index contributed by atoms with van der Waals surface area (Å²) in [4.78, 5) is 10.1. The zero-order chi connectivity index (χ0) is 14.2. The maximum Gasteiger partial charge on any atom is 0.270 e. The van der Waals surface area contributed by atoms with Gasteiger partial charge in [-0.15, -0.1) is 12.4 Å². The second-order valence-corrected chi connectivity index (χ2v) is 6.53. The minimum Gasteiger partial charge on any atom is -0.326 e. The summed E-state index contributed by atoms with van der Waals surface area (Å²) in [6.45, 7) is 2.22. The molecule has 1 fully saturated rings. The Hall–Kier alpha value is -1.22. The Bertz CT molecular complexity index is 620. The van der Waals surface area contributed by atoms with E-state index in [2.05, 4.69) is 0 Å². The first-order valence-corrected chi connectivity index (χ1v) is 7.27. The highest BCUT2D eigenvalue weighted by atomic mass is 35.5. The summed E-state index contributed by atoms with van der Waals surface area (Å²) in [7, 11) is -3.71. The highest BCUT2D eigenvalue weighted by Crippen LogP contribution is 2.26. The van der Waals surface area contributed by atoms with E-state index in [1.807, 2.05) is 0 Å². The van der Waals surface area contributed by atoms with Crippen LogP contribution in [-0.2, 0) is 10.0 Å². The van der Waals surface area contributed by atoms with Crippen molar-refractivity contribution < 1.29 is 13.3 Å². The van der Waals surface area contributed by atoms with Gasteiger partial charge in [0.05, 0.1) is 9.82 Å². The van der Waals surface area contributed by atoms with Crippen molar-refractivity contribution in [3.63, 3.8) is 0 Å². The number of nitrogens with zero attached hydrogens (tertiary/aromatic N) is 2. The van der Waals surface area contributed by atoms with Crippen molar-refractivity contribution in [3.8, 4) is 0 Å². The summed E-state index contributed by atoms with van der Waals surface area (Å²) in [5.74, 6) is 0. The van der Waals surface area contributed by atoms with Crippen molar-refractivity contribution in [1.82, 2.24) is 4.31 Å². The first kappa shape index (κ1) is 16.8. The van der Waals surface area contributed by atoms with Crippen molar-refractivity contribution in [2.75, 3.05) is 13.1 Å². The third-order valence-corrected chi connectivity index (χ3v) is 5.19. The van der Waals surface area contributed by atoms with E-state index in [1.54, 1.807) is 6.92 Å². The number of nitro groups is 1. The van der Waals surface area contributed by atoms with Crippen molar-refractivity contribution in [2.24, 2.45) is 5.73 Å². The van der Waals surface area contributed by atoms with Crippen LogP contribution in [0.4, 0.5) is 5.69 Å². The smallest absolute Gasteiger partial charge is 0.270 e. The lowest BCUT2D eigenvalue weighted by Gasteiger charge is -2.17. The van der Waals surface area contributed by atoms with Gasteiger partial charge in [-0.3, -0.25) is 10.1 Å². The average molecular weight is 322 g/mol. The van der Waals surface area contributed by atoms with E-state index in [0.717, 1.165) is 6.07 Å². The number of non-ortho nitro benzene ring substituents is 1. The van der Waals surface area contributed by atoms with E-state index in [4.69, 9.17) is 5.73 Å². The highest BCUT2D eigenvalue weighted by Gasteiger charge is 2.32. The van der Waals surface area contributed by atoms with E-state index in [-0.39, 0.29) is 35.6 Å². The number of nitrogens with two attached hydrogens (primary N) is 1. The molecule has 0 spiro atoms. The third kappa shape index (κ3) is 3.09. The Labute approximate surface area is 123 Å². The molecule has 1 saturated heterocycles. The molecule has 1 aliphatic heterocycles. The van der Waals surface area contributed by atoms with Crippen molar-refractivity contribution >= 4 is 28.1 Å². The second kappa shape index (κ2) is 6.04. The molecule has 0 amide bonds. The van der Waals surface area contributed by atoms with Gasteiger partial charge >= 0.3 is 0 Å². The molecule has 0 saturated carbocycles. The van der Waals surface area contributed by atoms with Crippen LogP contribution >= 0.6 is 12.4 Å². The fourth-order valence-electron chi connectivity index (χ4n) is 2.09. The molecule has 0 bridgehead atoms. The monoisotopic (exact) mass is 321 g/mol. The SMILES string of the molecule is Cc1ccc([N+](=O)[O-])cc1S(=O)(=O)N1CC[C@@H](N)C1.Cl. The number of aryl methyl sites for hydroxylation is 1. The van der Waals surface area contributed by atoms with E-state index in [0.29, 0.717) is 18.5 Å². The molecule has 2 rings (SSSR count). The van der Waals surface area contributed by atoms with Crippen LogP contribution in [0.3, 0.4) is 0 Å². The molecule has 7 nitrogen and oxygen atoms in total. The van der Waals surface area contributed by atoms with Crippen LogP contribution < -0.4 is 5.73 Å². The zero-order valence-corrected chi connectivity index (χ0v) is 12.5. The largest absolute Gasteiger partial charge is 0.326 e. The Morgan fingerprint density at radius 2 is 2.10 bits per heavy atom. The molecule has 0 aromatic heterocycles. The zero-order valence-electron chi connectivity index (χ0n) is 10.9. The predicted molar refractivity (Wildman–Crippen MR) is 76.4 cm³/mol. The minimum absolute atomic E-state index is 0. The van der Waals surface area contributed by atoms with Crippen molar-refractivity contribution in [3.05, 3.63) is 33.9 Å². The molecule has 112 valence electrons. The Morgan fingerprint density at radius 3 is 2.60 bits per heavy atom. The molecule has 0 unspecified atom stereocenters. The molecular weight excluding hydrogens is 306 g/mol. The summed E-state index contributed by atoms with van der Waals surface area (Å²) >= 11 is 0. The van der Waals surface area contributed by atoms with Gasteiger partial charge in [-0.05, 0) is 18.9 Å². The van der Waals surface area contributed by atoms with Gasteiger partial charge in [-0.2, -0.15) is 4.31 Å². The maximum absolute atomic E-state index is 12.4. The molecule has 9 heteroatoms. The van der Waals surface area contributed by atoms with Gasteiger partial charge in [0.25, 0.3) is 5.69 Å². The Morgan fingerprint density at radius 1 is 1.45 bits per heavy atom. The van der Waals surface area contributed by atoms with Crippen LogP contribution in [0.15, 0.2) is 23.1 Å². The fraction of sp³-hybridized carbons (Fsp3) is 0.455. The van der Waals surface area contributed by atoms with Gasteiger partial charge in [0.2, 0.25) is 10.0 Å². The predicted octanol–water partition coefficient (Wildman–Crippen LogP) is 1.05. The highest BCUT2D eigenvalue weighted by molar-refractivity contribution is 7.89. The number of hydrogen-bond donors (Lipinski definition) is 1. The maximum atomic E-state index is 12.4. The van der Waals surface area contributed by atoms with Gasteiger partial charge in [0.15, 0.2) is 0 Å². The first-order valence-electron chi connectivity index (χ1n) is 5.83.